The summed E-state index contributed by atoms with van der Waals surface area (Å²) >= 11 is 0. The minimum Gasteiger partial charge on any atom is -0.550 e. The molecule has 5 heteroatoms. The van der Waals surface area contributed by atoms with Crippen molar-refractivity contribution in [2.75, 3.05) is 6.61 Å². The molecule has 0 radical (unpaired) electrons. The van der Waals surface area contributed by atoms with E-state index in [1.165, 1.54) is 0 Å². The van der Waals surface area contributed by atoms with Gasteiger partial charge in [-0.2, -0.15) is 0 Å². The van der Waals surface area contributed by atoms with Crippen molar-refractivity contribution in [3.63, 3.8) is 0 Å². The molecule has 0 amide bonds. The Morgan fingerprint density at radius 1 is 1.33 bits per heavy atom. The molecule has 0 bridgehead atoms. The summed E-state index contributed by atoms with van der Waals surface area (Å²) < 4.78 is 4.88. The van der Waals surface area contributed by atoms with E-state index in [0.717, 1.165) is 12.8 Å². The van der Waals surface area contributed by atoms with E-state index in [4.69, 9.17) is 4.74 Å². The summed E-state index contributed by atoms with van der Waals surface area (Å²) in [6.07, 6.45) is 1.70. The van der Waals surface area contributed by atoms with Crippen molar-refractivity contribution in [3.8, 4) is 0 Å². The van der Waals surface area contributed by atoms with E-state index in [1.54, 1.807) is 0 Å². The number of carbonyl (C=O) groups excluding carboxylic acids is 2. The summed E-state index contributed by atoms with van der Waals surface area (Å²) in [5.74, 6) is -1.34. The molecule has 1 atom stereocenters. The molecule has 0 saturated heterocycles. The number of carbonyl (C=O) groups is 2. The van der Waals surface area contributed by atoms with Gasteiger partial charge in [0.15, 0.2) is 0 Å². The maximum Gasteiger partial charge on any atom is 1.00 e. The van der Waals surface area contributed by atoms with Gasteiger partial charge in [-0.3, -0.25) is 4.79 Å². The molecule has 0 aromatic rings. The second kappa shape index (κ2) is 10.5. The molecule has 0 fully saturated rings. The first-order valence-corrected chi connectivity index (χ1v) is 4.91. The van der Waals surface area contributed by atoms with Gasteiger partial charge in [0.1, 0.15) is 0 Å². The topological polar surface area (TPSA) is 66.4 Å². The fourth-order valence-corrected chi connectivity index (χ4v) is 1.09. The molecule has 0 aliphatic carbocycles. The van der Waals surface area contributed by atoms with Gasteiger partial charge in [0, 0.05) is 5.97 Å². The predicted octanol–water partition coefficient (Wildman–Crippen LogP) is -2.50. The predicted molar refractivity (Wildman–Crippen MR) is 49.3 cm³/mol. The molecule has 0 aromatic heterocycles. The average Bonchev–Trinajstić information content (AvgIpc) is 2.12. The Hall–Kier alpha value is -0.0600. The van der Waals surface area contributed by atoms with Gasteiger partial charge in [0.05, 0.1) is 13.0 Å². The zero-order valence-corrected chi connectivity index (χ0v) is 11.7. The number of hydrogen-bond acceptors (Lipinski definition) is 4. The number of rotatable bonds is 7. The van der Waals surface area contributed by atoms with Gasteiger partial charge in [0.25, 0.3) is 0 Å². The third-order valence-electron chi connectivity index (χ3n) is 1.84. The monoisotopic (exact) mass is 224 g/mol. The Labute approximate surface area is 113 Å². The van der Waals surface area contributed by atoms with Gasteiger partial charge >= 0.3 is 35.5 Å². The molecule has 0 saturated carbocycles. The first-order chi connectivity index (χ1) is 6.56. The number of carboxylic acid groups (broad SMARTS) is 1. The van der Waals surface area contributed by atoms with Crippen molar-refractivity contribution in [2.45, 2.75) is 39.5 Å². The summed E-state index contributed by atoms with van der Waals surface area (Å²) in [7, 11) is 0. The van der Waals surface area contributed by atoms with Crippen LogP contribution in [0, 0.1) is 5.92 Å². The summed E-state index contributed by atoms with van der Waals surface area (Å²) in [5, 5.41) is 10.0. The molecule has 15 heavy (non-hydrogen) atoms. The van der Waals surface area contributed by atoms with E-state index < -0.39 is 11.9 Å². The van der Waals surface area contributed by atoms with Crippen LogP contribution >= 0.6 is 0 Å². The van der Waals surface area contributed by atoms with Crippen LogP contribution in [-0.4, -0.2) is 18.5 Å². The van der Waals surface area contributed by atoms with Crippen LogP contribution in [0.3, 0.4) is 0 Å². The standard InChI is InChI=1S/C10H18O4.Na/c1-3-4-8(2)7-14-10(13)6-5-9(11)12;/h8H,3-7H2,1-2H3,(H,11,12);/q;+1/p-1. The van der Waals surface area contributed by atoms with Crippen LogP contribution in [0.2, 0.25) is 0 Å². The molecule has 0 rings (SSSR count). The van der Waals surface area contributed by atoms with Crippen LogP contribution in [-0.2, 0) is 14.3 Å². The molecule has 82 valence electrons. The third-order valence-corrected chi connectivity index (χ3v) is 1.84. The van der Waals surface area contributed by atoms with E-state index in [9.17, 15) is 14.7 Å². The number of aliphatic carboxylic acids is 1. The Morgan fingerprint density at radius 3 is 2.40 bits per heavy atom. The van der Waals surface area contributed by atoms with Crippen LogP contribution in [0.4, 0.5) is 0 Å². The van der Waals surface area contributed by atoms with Crippen molar-refractivity contribution in [3.05, 3.63) is 0 Å². The van der Waals surface area contributed by atoms with Gasteiger partial charge in [-0.25, -0.2) is 0 Å². The Bertz CT molecular complexity index is 194. The van der Waals surface area contributed by atoms with Crippen LogP contribution in [0.25, 0.3) is 0 Å². The molecule has 4 nitrogen and oxygen atoms in total. The smallest absolute Gasteiger partial charge is 0.550 e. The Kier molecular flexibility index (Phi) is 12.1. The van der Waals surface area contributed by atoms with Crippen molar-refractivity contribution < 1.29 is 49.0 Å². The quantitative estimate of drug-likeness (QED) is 0.354. The van der Waals surface area contributed by atoms with Gasteiger partial charge in [-0.05, 0) is 18.8 Å². The molecule has 0 aliphatic heterocycles. The first-order valence-electron chi connectivity index (χ1n) is 4.91. The largest absolute Gasteiger partial charge is 1.00 e. The number of carboxylic acids is 1. The van der Waals surface area contributed by atoms with E-state index in [1.807, 2.05) is 6.92 Å². The van der Waals surface area contributed by atoms with E-state index in [2.05, 4.69) is 6.92 Å². The molecule has 1 unspecified atom stereocenters. The Balaban J connectivity index is 0. The van der Waals surface area contributed by atoms with Crippen LogP contribution < -0.4 is 34.7 Å². The van der Waals surface area contributed by atoms with Crippen LogP contribution in [0.15, 0.2) is 0 Å². The van der Waals surface area contributed by atoms with Crippen molar-refractivity contribution >= 4 is 11.9 Å². The van der Waals surface area contributed by atoms with Crippen molar-refractivity contribution in [1.82, 2.24) is 0 Å². The number of ether oxygens (including phenoxy) is 1. The normalized spacial score (nSPS) is 11.3. The molecular formula is C10H17NaO4. The van der Waals surface area contributed by atoms with Crippen molar-refractivity contribution in [1.29, 1.82) is 0 Å². The Morgan fingerprint density at radius 2 is 1.93 bits per heavy atom. The maximum atomic E-state index is 10.9. The van der Waals surface area contributed by atoms with E-state index in [0.29, 0.717) is 12.5 Å². The molecule has 0 spiro atoms. The van der Waals surface area contributed by atoms with Gasteiger partial charge in [0.2, 0.25) is 0 Å². The van der Waals surface area contributed by atoms with Crippen LogP contribution in [0.1, 0.15) is 39.5 Å². The zero-order chi connectivity index (χ0) is 11.0. The van der Waals surface area contributed by atoms with Gasteiger partial charge < -0.3 is 14.6 Å². The van der Waals surface area contributed by atoms with Gasteiger partial charge in [-0.15, -0.1) is 0 Å². The average molecular weight is 224 g/mol. The first kappa shape index (κ1) is 17.3. The zero-order valence-electron chi connectivity index (χ0n) is 9.75. The minimum absolute atomic E-state index is 0. The van der Waals surface area contributed by atoms with Gasteiger partial charge in [-0.1, -0.05) is 20.3 Å². The fraction of sp³-hybridized carbons (Fsp3) is 0.800. The molecule has 0 N–H and O–H groups in total. The molecule has 0 aliphatic rings. The fourth-order valence-electron chi connectivity index (χ4n) is 1.09. The summed E-state index contributed by atoms with van der Waals surface area (Å²) in [6.45, 7) is 4.43. The molecule has 0 heterocycles. The minimum atomic E-state index is -1.22. The van der Waals surface area contributed by atoms with Crippen molar-refractivity contribution in [2.24, 2.45) is 5.92 Å². The summed E-state index contributed by atoms with van der Waals surface area (Å²) in [6, 6.07) is 0. The third kappa shape index (κ3) is 11.9. The number of esters is 1. The second-order valence-corrected chi connectivity index (χ2v) is 3.45. The summed E-state index contributed by atoms with van der Waals surface area (Å²) in [4.78, 5) is 21.0. The summed E-state index contributed by atoms with van der Waals surface area (Å²) in [5.41, 5.74) is 0. The number of hydrogen-bond donors (Lipinski definition) is 0. The van der Waals surface area contributed by atoms with E-state index >= 15 is 0 Å². The molecular weight excluding hydrogens is 207 g/mol. The maximum absolute atomic E-state index is 10.9. The van der Waals surface area contributed by atoms with Crippen LogP contribution in [0.5, 0.6) is 0 Å². The van der Waals surface area contributed by atoms with E-state index in [-0.39, 0.29) is 42.4 Å². The second-order valence-electron chi connectivity index (χ2n) is 3.45. The SMILES string of the molecule is CCCC(C)COC(=O)CCC(=O)[O-].[Na+]. The molecule has 0 aromatic carbocycles.